The largest absolute Gasteiger partial charge is 0.573 e. The van der Waals surface area contributed by atoms with E-state index >= 15 is 0 Å². The average molecular weight is 526 g/mol. The van der Waals surface area contributed by atoms with Gasteiger partial charge in [0.05, 0.1) is 12.2 Å². The smallest absolute Gasteiger partial charge is 0.405 e. The van der Waals surface area contributed by atoms with Gasteiger partial charge in [0.2, 0.25) is 0 Å². The molecule has 2 heterocycles. The van der Waals surface area contributed by atoms with E-state index in [4.69, 9.17) is 0 Å². The second-order valence-corrected chi connectivity index (χ2v) is 8.43. The molecule has 3 N–H and O–H groups in total. The monoisotopic (exact) mass is 526 g/mol. The highest BCUT2D eigenvalue weighted by Crippen LogP contribution is 2.35. The summed E-state index contributed by atoms with van der Waals surface area (Å²) in [6.07, 6.45) is -9.00. The van der Waals surface area contributed by atoms with Crippen molar-refractivity contribution in [1.29, 1.82) is 5.26 Å². The Morgan fingerprint density at radius 1 is 1.00 bits per heavy atom. The van der Waals surface area contributed by atoms with Gasteiger partial charge in [-0.15, -0.1) is 13.2 Å². The van der Waals surface area contributed by atoms with Crippen molar-refractivity contribution >= 4 is 11.8 Å². The Labute approximate surface area is 214 Å². The van der Waals surface area contributed by atoms with Gasteiger partial charge < -0.3 is 25.2 Å². The summed E-state index contributed by atoms with van der Waals surface area (Å²) >= 11 is 0. The van der Waals surface area contributed by atoms with Crippen LogP contribution in [0.25, 0.3) is 11.1 Å². The standard InChI is InChI=1S/C26H21F3N4O5/c27-26(28,29)38-21-8-4-3-7-19(21)18-10-9-17(32-20(18)11-30)12-31-24(36)22(34)23(35)25(37)33-13-15-5-1-2-6-16(15)14-33/h1-10,22-23,34-35H,12-14H2,(H,31,36)/t22-,23-/m1/s1. The minimum Gasteiger partial charge on any atom is -0.405 e. The number of para-hydroxylation sites is 1. The molecule has 0 saturated heterocycles. The number of rotatable bonds is 7. The van der Waals surface area contributed by atoms with Gasteiger partial charge in [-0.2, -0.15) is 5.26 Å². The fourth-order valence-corrected chi connectivity index (χ4v) is 4.04. The maximum absolute atomic E-state index is 12.8. The number of carbonyl (C=O) groups excluding carboxylic acids is 2. The minimum absolute atomic E-state index is 0.00872. The number of nitriles is 1. The molecule has 0 saturated carbocycles. The van der Waals surface area contributed by atoms with Crippen LogP contribution in [0.5, 0.6) is 5.75 Å². The van der Waals surface area contributed by atoms with E-state index in [1.807, 2.05) is 24.3 Å². The van der Waals surface area contributed by atoms with Crippen molar-refractivity contribution in [3.8, 4) is 22.9 Å². The first kappa shape index (κ1) is 26.6. The number of pyridine rings is 1. The number of aromatic nitrogens is 1. The molecule has 1 aromatic heterocycles. The van der Waals surface area contributed by atoms with Gasteiger partial charge in [0.25, 0.3) is 11.8 Å². The highest BCUT2D eigenvalue weighted by atomic mass is 19.4. The first-order valence-electron chi connectivity index (χ1n) is 11.3. The molecular weight excluding hydrogens is 505 g/mol. The van der Waals surface area contributed by atoms with Crippen molar-refractivity contribution < 1.29 is 37.7 Å². The molecule has 2 amide bonds. The number of hydrogen-bond donors (Lipinski definition) is 3. The average Bonchev–Trinajstić information content (AvgIpc) is 3.34. The molecule has 0 aliphatic carbocycles. The molecule has 2 aromatic carbocycles. The lowest BCUT2D eigenvalue weighted by Gasteiger charge is -2.22. The second kappa shape index (κ2) is 10.9. The zero-order valence-corrected chi connectivity index (χ0v) is 19.6. The third-order valence-corrected chi connectivity index (χ3v) is 5.88. The van der Waals surface area contributed by atoms with E-state index in [1.165, 1.54) is 35.2 Å². The number of fused-ring (bicyclic) bond motifs is 1. The predicted molar refractivity (Wildman–Crippen MR) is 126 cm³/mol. The summed E-state index contributed by atoms with van der Waals surface area (Å²) < 4.78 is 42.4. The number of aliphatic hydroxyl groups excluding tert-OH is 2. The Balaban J connectivity index is 1.41. The number of amides is 2. The highest BCUT2D eigenvalue weighted by molar-refractivity contribution is 5.91. The molecule has 2 atom stereocenters. The molecule has 0 unspecified atom stereocenters. The van der Waals surface area contributed by atoms with Gasteiger partial charge in [0.1, 0.15) is 17.5 Å². The van der Waals surface area contributed by atoms with E-state index in [1.54, 1.807) is 6.07 Å². The number of benzene rings is 2. The van der Waals surface area contributed by atoms with Crippen molar-refractivity contribution in [1.82, 2.24) is 15.2 Å². The van der Waals surface area contributed by atoms with Gasteiger partial charge in [0, 0.05) is 24.2 Å². The molecule has 0 bridgehead atoms. The fraction of sp³-hybridized carbons (Fsp3) is 0.231. The quantitative estimate of drug-likeness (QED) is 0.430. The summed E-state index contributed by atoms with van der Waals surface area (Å²) in [5.74, 6) is -2.36. The molecule has 9 nitrogen and oxygen atoms in total. The van der Waals surface area contributed by atoms with Crippen molar-refractivity contribution in [2.24, 2.45) is 0 Å². The zero-order valence-electron chi connectivity index (χ0n) is 19.6. The zero-order chi connectivity index (χ0) is 27.4. The van der Waals surface area contributed by atoms with Crippen molar-refractivity contribution in [3.63, 3.8) is 0 Å². The summed E-state index contributed by atoms with van der Waals surface area (Å²) in [7, 11) is 0. The van der Waals surface area contributed by atoms with Gasteiger partial charge in [-0.25, -0.2) is 4.98 Å². The topological polar surface area (TPSA) is 136 Å². The maximum atomic E-state index is 12.8. The molecule has 3 aromatic rings. The fourth-order valence-electron chi connectivity index (χ4n) is 4.04. The van der Waals surface area contributed by atoms with Crippen LogP contribution in [0, 0.1) is 11.3 Å². The van der Waals surface area contributed by atoms with Crippen LogP contribution in [0.3, 0.4) is 0 Å². The molecule has 1 aliphatic rings. The number of aliphatic hydroxyl groups is 2. The van der Waals surface area contributed by atoms with Crippen LogP contribution in [0.1, 0.15) is 22.5 Å². The van der Waals surface area contributed by atoms with Gasteiger partial charge in [-0.1, -0.05) is 42.5 Å². The Hall–Kier alpha value is -4.47. The van der Waals surface area contributed by atoms with Gasteiger partial charge >= 0.3 is 6.36 Å². The highest BCUT2D eigenvalue weighted by Gasteiger charge is 2.35. The number of nitrogens with zero attached hydrogens (tertiary/aromatic N) is 3. The lowest BCUT2D eigenvalue weighted by molar-refractivity contribution is -0.274. The van der Waals surface area contributed by atoms with E-state index in [0.29, 0.717) is 0 Å². The van der Waals surface area contributed by atoms with Gasteiger partial charge in [-0.3, -0.25) is 9.59 Å². The van der Waals surface area contributed by atoms with E-state index in [2.05, 4.69) is 15.0 Å². The van der Waals surface area contributed by atoms with E-state index in [9.17, 15) is 38.2 Å². The Bertz CT molecular complexity index is 1380. The van der Waals surface area contributed by atoms with Crippen LogP contribution in [0.4, 0.5) is 13.2 Å². The molecule has 0 spiro atoms. The first-order valence-corrected chi connectivity index (χ1v) is 11.3. The molecule has 196 valence electrons. The van der Waals surface area contributed by atoms with Crippen molar-refractivity contribution in [2.75, 3.05) is 0 Å². The molecular formula is C26H21F3N4O5. The number of carbonyl (C=O) groups is 2. The SMILES string of the molecule is N#Cc1nc(CNC(=O)[C@H](O)[C@@H](O)C(=O)N2Cc3ccccc3C2)ccc1-c1ccccc1OC(F)(F)F. The van der Waals surface area contributed by atoms with Crippen LogP contribution < -0.4 is 10.1 Å². The predicted octanol–water partition coefficient (Wildman–Crippen LogP) is 2.40. The Morgan fingerprint density at radius 2 is 1.63 bits per heavy atom. The minimum atomic E-state index is -4.94. The molecule has 0 radical (unpaired) electrons. The second-order valence-electron chi connectivity index (χ2n) is 8.43. The summed E-state index contributed by atoms with van der Waals surface area (Å²) in [6.45, 7) is 0.192. The van der Waals surface area contributed by atoms with E-state index < -0.39 is 36.1 Å². The van der Waals surface area contributed by atoms with Crippen LogP contribution in [-0.4, -0.2) is 50.5 Å². The summed E-state index contributed by atoms with van der Waals surface area (Å²) in [6, 6.07) is 17.1. The Morgan fingerprint density at radius 3 is 2.26 bits per heavy atom. The lowest BCUT2D eigenvalue weighted by atomic mass is 10.0. The van der Waals surface area contributed by atoms with Crippen molar-refractivity contribution in [2.45, 2.75) is 38.2 Å². The number of nitrogens with one attached hydrogen (secondary N) is 1. The maximum Gasteiger partial charge on any atom is 0.573 e. The third kappa shape index (κ3) is 5.91. The number of hydrogen-bond acceptors (Lipinski definition) is 7. The molecule has 12 heteroatoms. The van der Waals surface area contributed by atoms with Crippen LogP contribution in [0.2, 0.25) is 0 Å². The summed E-state index contributed by atoms with van der Waals surface area (Å²) in [4.78, 5) is 30.4. The molecule has 0 fully saturated rings. The number of halogens is 3. The van der Waals surface area contributed by atoms with Gasteiger partial charge in [0.15, 0.2) is 12.2 Å². The van der Waals surface area contributed by atoms with Crippen molar-refractivity contribution in [3.05, 3.63) is 83.2 Å². The Kier molecular flexibility index (Phi) is 7.61. The van der Waals surface area contributed by atoms with Crippen LogP contribution >= 0.6 is 0 Å². The third-order valence-electron chi connectivity index (χ3n) is 5.88. The molecule has 4 rings (SSSR count). The number of ether oxygens (including phenoxy) is 1. The van der Waals surface area contributed by atoms with E-state index in [0.717, 1.165) is 17.2 Å². The lowest BCUT2D eigenvalue weighted by Crippen LogP contribution is -2.49. The molecule has 1 aliphatic heterocycles. The summed E-state index contributed by atoms with van der Waals surface area (Å²) in [5.41, 5.74) is 1.81. The van der Waals surface area contributed by atoms with Gasteiger partial charge in [-0.05, 0) is 29.3 Å². The molecule has 38 heavy (non-hydrogen) atoms. The van der Waals surface area contributed by atoms with Crippen LogP contribution in [-0.2, 0) is 29.2 Å². The van der Waals surface area contributed by atoms with E-state index in [-0.39, 0.29) is 42.1 Å². The summed E-state index contributed by atoms with van der Waals surface area (Å²) in [5, 5.41) is 32.4. The van der Waals surface area contributed by atoms with Crippen LogP contribution in [0.15, 0.2) is 60.7 Å². The first-order chi connectivity index (χ1) is 18.1. The normalized spacial score (nSPS) is 14.3. The number of alkyl halides is 3.